The predicted molar refractivity (Wildman–Crippen MR) is 78.5 cm³/mol. The molecule has 1 unspecified atom stereocenters. The van der Waals surface area contributed by atoms with Crippen LogP contribution in [0.5, 0.6) is 0 Å². The van der Waals surface area contributed by atoms with E-state index in [0.29, 0.717) is 12.6 Å². The van der Waals surface area contributed by atoms with Crippen molar-refractivity contribution in [3.8, 4) is 0 Å². The van der Waals surface area contributed by atoms with Crippen molar-refractivity contribution in [3.63, 3.8) is 0 Å². The van der Waals surface area contributed by atoms with Crippen LogP contribution in [0.2, 0.25) is 0 Å². The van der Waals surface area contributed by atoms with Gasteiger partial charge in [0.25, 0.3) is 0 Å². The molecule has 20 heavy (non-hydrogen) atoms. The van der Waals surface area contributed by atoms with Gasteiger partial charge in [0.05, 0.1) is 12.5 Å². The first kappa shape index (κ1) is 17.0. The summed E-state index contributed by atoms with van der Waals surface area (Å²) in [6.07, 6.45) is 4.49. The number of carboxylic acid groups (broad SMARTS) is 1. The SMILES string of the molecule is CC(CN(CC(=O)NC1CCCC1)C(C)(C)C)C(=O)O. The molecule has 0 aliphatic heterocycles. The lowest BCUT2D eigenvalue weighted by Gasteiger charge is -2.36. The summed E-state index contributed by atoms with van der Waals surface area (Å²) in [5.41, 5.74) is -0.225. The number of carbonyl (C=O) groups excluding carboxylic acids is 1. The third kappa shape index (κ3) is 5.49. The van der Waals surface area contributed by atoms with Crippen LogP contribution in [0.25, 0.3) is 0 Å². The normalized spacial score (nSPS) is 18.2. The van der Waals surface area contributed by atoms with E-state index >= 15 is 0 Å². The molecule has 0 heterocycles. The van der Waals surface area contributed by atoms with Crippen LogP contribution in [0.3, 0.4) is 0 Å². The molecule has 0 saturated heterocycles. The Kier molecular flexibility index (Phi) is 5.99. The molecule has 0 spiro atoms. The second-order valence-electron chi connectivity index (χ2n) is 6.84. The van der Waals surface area contributed by atoms with Gasteiger partial charge in [-0.3, -0.25) is 14.5 Å². The maximum absolute atomic E-state index is 12.1. The zero-order valence-electron chi connectivity index (χ0n) is 13.1. The van der Waals surface area contributed by atoms with Gasteiger partial charge in [0, 0.05) is 18.1 Å². The highest BCUT2D eigenvalue weighted by Crippen LogP contribution is 2.18. The van der Waals surface area contributed by atoms with E-state index in [1.165, 1.54) is 12.8 Å². The Labute approximate surface area is 121 Å². The first-order valence-electron chi connectivity index (χ1n) is 7.47. The molecule has 1 aliphatic rings. The highest BCUT2D eigenvalue weighted by Gasteiger charge is 2.28. The molecule has 5 nitrogen and oxygen atoms in total. The molecule has 1 amide bonds. The van der Waals surface area contributed by atoms with E-state index in [-0.39, 0.29) is 18.0 Å². The van der Waals surface area contributed by atoms with Gasteiger partial charge in [0.15, 0.2) is 0 Å². The molecule has 1 saturated carbocycles. The lowest BCUT2D eigenvalue weighted by atomic mass is 10.0. The minimum atomic E-state index is -0.824. The zero-order chi connectivity index (χ0) is 15.3. The van der Waals surface area contributed by atoms with Crippen LogP contribution in [0.15, 0.2) is 0 Å². The molecule has 1 fully saturated rings. The second-order valence-corrected chi connectivity index (χ2v) is 6.84. The van der Waals surface area contributed by atoms with Crippen LogP contribution in [-0.2, 0) is 9.59 Å². The van der Waals surface area contributed by atoms with E-state index in [1.54, 1.807) is 6.92 Å². The summed E-state index contributed by atoms with van der Waals surface area (Å²) in [6.45, 7) is 8.34. The molecule has 116 valence electrons. The number of hydrogen-bond donors (Lipinski definition) is 2. The van der Waals surface area contributed by atoms with E-state index < -0.39 is 11.9 Å². The van der Waals surface area contributed by atoms with Gasteiger partial charge >= 0.3 is 5.97 Å². The first-order chi connectivity index (χ1) is 9.20. The van der Waals surface area contributed by atoms with Gasteiger partial charge in [-0.1, -0.05) is 19.8 Å². The molecular formula is C15H28N2O3. The van der Waals surface area contributed by atoms with Crippen molar-refractivity contribution in [1.82, 2.24) is 10.2 Å². The molecule has 0 aromatic rings. The van der Waals surface area contributed by atoms with E-state index in [4.69, 9.17) is 5.11 Å². The Hall–Kier alpha value is -1.10. The van der Waals surface area contributed by atoms with Gasteiger partial charge in [0.2, 0.25) is 5.91 Å². The Morgan fingerprint density at radius 1 is 1.30 bits per heavy atom. The van der Waals surface area contributed by atoms with Crippen molar-refractivity contribution in [3.05, 3.63) is 0 Å². The molecule has 2 N–H and O–H groups in total. The molecule has 0 radical (unpaired) electrons. The summed E-state index contributed by atoms with van der Waals surface area (Å²) in [7, 11) is 0. The number of rotatable bonds is 6. The summed E-state index contributed by atoms with van der Waals surface area (Å²) in [5.74, 6) is -1.30. The maximum Gasteiger partial charge on any atom is 0.307 e. The Balaban J connectivity index is 2.55. The van der Waals surface area contributed by atoms with Crippen LogP contribution < -0.4 is 5.32 Å². The average molecular weight is 284 g/mol. The van der Waals surface area contributed by atoms with Crippen molar-refractivity contribution in [2.75, 3.05) is 13.1 Å². The van der Waals surface area contributed by atoms with Crippen molar-refractivity contribution >= 4 is 11.9 Å². The van der Waals surface area contributed by atoms with Crippen LogP contribution in [0, 0.1) is 5.92 Å². The van der Waals surface area contributed by atoms with Gasteiger partial charge in [0.1, 0.15) is 0 Å². The molecule has 1 rings (SSSR count). The van der Waals surface area contributed by atoms with Crippen molar-refractivity contribution in [2.45, 2.75) is 65.0 Å². The first-order valence-corrected chi connectivity index (χ1v) is 7.47. The average Bonchev–Trinajstić information content (AvgIpc) is 2.79. The fourth-order valence-corrected chi connectivity index (χ4v) is 2.50. The number of carbonyl (C=O) groups is 2. The summed E-state index contributed by atoms with van der Waals surface area (Å²) >= 11 is 0. The third-order valence-electron chi connectivity index (χ3n) is 3.92. The Morgan fingerprint density at radius 2 is 1.85 bits per heavy atom. The quantitative estimate of drug-likeness (QED) is 0.781. The highest BCUT2D eigenvalue weighted by molar-refractivity contribution is 5.78. The summed E-state index contributed by atoms with van der Waals surface area (Å²) < 4.78 is 0. The maximum atomic E-state index is 12.1. The third-order valence-corrected chi connectivity index (χ3v) is 3.92. The van der Waals surface area contributed by atoms with Gasteiger partial charge in [-0.15, -0.1) is 0 Å². The number of nitrogens with one attached hydrogen (secondary N) is 1. The minimum absolute atomic E-state index is 0.00409. The van der Waals surface area contributed by atoms with E-state index in [1.807, 2.05) is 25.7 Å². The summed E-state index contributed by atoms with van der Waals surface area (Å²) in [6, 6.07) is 0.307. The zero-order valence-corrected chi connectivity index (χ0v) is 13.1. The van der Waals surface area contributed by atoms with E-state index in [0.717, 1.165) is 12.8 Å². The largest absolute Gasteiger partial charge is 0.481 e. The highest BCUT2D eigenvalue weighted by atomic mass is 16.4. The molecule has 0 bridgehead atoms. The second kappa shape index (κ2) is 7.07. The van der Waals surface area contributed by atoms with Gasteiger partial charge in [-0.25, -0.2) is 0 Å². The van der Waals surface area contributed by atoms with Crippen molar-refractivity contribution in [1.29, 1.82) is 0 Å². The van der Waals surface area contributed by atoms with Crippen LogP contribution >= 0.6 is 0 Å². The summed E-state index contributed by atoms with van der Waals surface area (Å²) in [5, 5.41) is 12.1. The molecule has 0 aromatic carbocycles. The number of nitrogens with zero attached hydrogens (tertiary/aromatic N) is 1. The molecule has 1 atom stereocenters. The lowest BCUT2D eigenvalue weighted by molar-refractivity contribution is -0.142. The number of carboxylic acids is 1. The van der Waals surface area contributed by atoms with Crippen LogP contribution in [0.1, 0.15) is 53.4 Å². The van der Waals surface area contributed by atoms with E-state index in [9.17, 15) is 9.59 Å². The Bertz CT molecular complexity index is 344. The predicted octanol–water partition coefficient (Wildman–Crippen LogP) is 1.87. The van der Waals surface area contributed by atoms with Crippen LogP contribution in [-0.4, -0.2) is 46.6 Å². The molecular weight excluding hydrogens is 256 g/mol. The fraction of sp³-hybridized carbons (Fsp3) is 0.867. The van der Waals surface area contributed by atoms with Gasteiger partial charge in [-0.2, -0.15) is 0 Å². The van der Waals surface area contributed by atoms with Gasteiger partial charge < -0.3 is 10.4 Å². The fourth-order valence-electron chi connectivity index (χ4n) is 2.50. The number of amides is 1. The number of hydrogen-bond acceptors (Lipinski definition) is 3. The minimum Gasteiger partial charge on any atom is -0.481 e. The monoisotopic (exact) mass is 284 g/mol. The van der Waals surface area contributed by atoms with Crippen molar-refractivity contribution in [2.24, 2.45) is 5.92 Å². The summed E-state index contributed by atoms with van der Waals surface area (Å²) in [4.78, 5) is 25.0. The Morgan fingerprint density at radius 3 is 2.30 bits per heavy atom. The topological polar surface area (TPSA) is 69.6 Å². The molecule has 0 aromatic heterocycles. The molecule has 5 heteroatoms. The van der Waals surface area contributed by atoms with Gasteiger partial charge in [-0.05, 0) is 33.6 Å². The smallest absolute Gasteiger partial charge is 0.307 e. The van der Waals surface area contributed by atoms with Crippen molar-refractivity contribution < 1.29 is 14.7 Å². The standard InChI is InChI=1S/C15H28N2O3/c1-11(14(19)20)9-17(15(2,3)4)10-13(18)16-12-7-5-6-8-12/h11-12H,5-10H2,1-4H3,(H,16,18)(H,19,20). The molecule has 1 aliphatic carbocycles. The van der Waals surface area contributed by atoms with E-state index in [2.05, 4.69) is 5.32 Å². The number of aliphatic carboxylic acids is 1. The lowest BCUT2D eigenvalue weighted by Crippen LogP contribution is -2.50. The van der Waals surface area contributed by atoms with Crippen LogP contribution in [0.4, 0.5) is 0 Å².